The van der Waals surface area contributed by atoms with Gasteiger partial charge < -0.3 is 14.4 Å². The quantitative estimate of drug-likeness (QED) is 0.741. The van der Waals surface area contributed by atoms with Crippen LogP contribution in [-0.4, -0.2) is 27.4 Å². The van der Waals surface area contributed by atoms with Crippen molar-refractivity contribution in [2.24, 2.45) is 0 Å². The molecule has 26 heavy (non-hydrogen) atoms. The predicted octanol–water partition coefficient (Wildman–Crippen LogP) is 4.39. The highest BCUT2D eigenvalue weighted by Gasteiger charge is 2.14. The molecular formula is C22H28N2O2. The molecular weight excluding hydrogens is 324 g/mol. The van der Waals surface area contributed by atoms with Crippen molar-refractivity contribution < 1.29 is 9.84 Å². The molecule has 0 saturated heterocycles. The summed E-state index contributed by atoms with van der Waals surface area (Å²) in [5, 5.41) is 10.4. The van der Waals surface area contributed by atoms with Gasteiger partial charge in [0.05, 0.1) is 23.9 Å². The number of ether oxygens (including phenoxy) is 1. The fraction of sp³-hybridized carbons (Fsp3) is 0.409. The molecule has 0 amide bonds. The summed E-state index contributed by atoms with van der Waals surface area (Å²) >= 11 is 0. The fourth-order valence-electron chi connectivity index (χ4n) is 2.98. The van der Waals surface area contributed by atoms with Gasteiger partial charge in [-0.05, 0) is 60.2 Å². The molecule has 1 unspecified atom stereocenters. The molecule has 1 N–H and O–H groups in total. The lowest BCUT2D eigenvalue weighted by Gasteiger charge is -2.19. The number of rotatable bonds is 5. The van der Waals surface area contributed by atoms with Gasteiger partial charge in [0, 0.05) is 0 Å². The Labute approximate surface area is 155 Å². The molecule has 1 atom stereocenters. The number of fused-ring (bicyclic) bond motifs is 1. The van der Waals surface area contributed by atoms with Gasteiger partial charge in [-0.1, -0.05) is 32.9 Å². The highest BCUT2D eigenvalue weighted by Crippen LogP contribution is 2.24. The molecule has 0 aliphatic carbocycles. The Kier molecular flexibility index (Phi) is 5.05. The van der Waals surface area contributed by atoms with Gasteiger partial charge in [-0.2, -0.15) is 0 Å². The van der Waals surface area contributed by atoms with E-state index in [4.69, 9.17) is 4.74 Å². The number of aliphatic hydroxyl groups excluding tert-OH is 1. The molecule has 2 aromatic carbocycles. The minimum atomic E-state index is -0.601. The molecule has 0 fully saturated rings. The molecule has 0 aliphatic rings. The Morgan fingerprint density at radius 3 is 2.38 bits per heavy atom. The average Bonchev–Trinajstić information content (AvgIpc) is 2.95. The molecule has 138 valence electrons. The number of imidazole rings is 1. The van der Waals surface area contributed by atoms with Crippen molar-refractivity contribution >= 4 is 11.0 Å². The summed E-state index contributed by atoms with van der Waals surface area (Å²) in [4.78, 5) is 4.44. The number of aliphatic hydroxyl groups is 1. The van der Waals surface area contributed by atoms with Crippen molar-refractivity contribution in [3.8, 4) is 5.75 Å². The third kappa shape index (κ3) is 4.07. The first kappa shape index (κ1) is 18.5. The van der Waals surface area contributed by atoms with Crippen LogP contribution in [0.1, 0.15) is 37.5 Å². The first-order valence-corrected chi connectivity index (χ1v) is 9.07. The van der Waals surface area contributed by atoms with E-state index in [2.05, 4.69) is 63.9 Å². The number of hydrogen-bond donors (Lipinski definition) is 1. The van der Waals surface area contributed by atoms with Crippen LogP contribution in [0.25, 0.3) is 11.0 Å². The lowest BCUT2D eigenvalue weighted by atomic mass is 9.87. The van der Waals surface area contributed by atoms with Crippen molar-refractivity contribution in [3.63, 3.8) is 0 Å². The van der Waals surface area contributed by atoms with E-state index in [-0.39, 0.29) is 12.0 Å². The Morgan fingerprint density at radius 2 is 1.73 bits per heavy atom. The number of aromatic nitrogens is 2. The van der Waals surface area contributed by atoms with Crippen molar-refractivity contribution in [3.05, 3.63) is 59.4 Å². The molecule has 0 spiro atoms. The molecule has 0 radical (unpaired) electrons. The standard InChI is InChI=1S/C22H28N2O2/c1-15-10-20-21(11-16(15)2)24(14-23-20)12-18(25)13-26-19-8-6-17(7-9-19)22(3,4)5/h6-11,14,18,25H,12-13H2,1-5H3. The summed E-state index contributed by atoms with van der Waals surface area (Å²) in [7, 11) is 0. The van der Waals surface area contributed by atoms with Crippen LogP contribution in [0.3, 0.4) is 0 Å². The van der Waals surface area contributed by atoms with Crippen LogP contribution in [0.5, 0.6) is 5.75 Å². The van der Waals surface area contributed by atoms with Crippen LogP contribution in [0, 0.1) is 13.8 Å². The first-order chi connectivity index (χ1) is 12.2. The fourth-order valence-corrected chi connectivity index (χ4v) is 2.98. The third-order valence-electron chi connectivity index (χ3n) is 4.81. The van der Waals surface area contributed by atoms with Crippen molar-refractivity contribution in [1.29, 1.82) is 0 Å². The topological polar surface area (TPSA) is 47.3 Å². The summed E-state index contributed by atoms with van der Waals surface area (Å²) in [6.07, 6.45) is 1.18. The van der Waals surface area contributed by atoms with Crippen LogP contribution in [0.4, 0.5) is 0 Å². The van der Waals surface area contributed by atoms with Gasteiger partial charge >= 0.3 is 0 Å². The number of nitrogens with zero attached hydrogens (tertiary/aromatic N) is 2. The first-order valence-electron chi connectivity index (χ1n) is 9.07. The van der Waals surface area contributed by atoms with E-state index >= 15 is 0 Å². The summed E-state index contributed by atoms with van der Waals surface area (Å²) in [6, 6.07) is 12.3. The van der Waals surface area contributed by atoms with Gasteiger partial charge in [-0.15, -0.1) is 0 Å². The Morgan fingerprint density at radius 1 is 1.08 bits per heavy atom. The van der Waals surface area contributed by atoms with Crippen molar-refractivity contribution in [1.82, 2.24) is 9.55 Å². The molecule has 0 saturated carbocycles. The third-order valence-corrected chi connectivity index (χ3v) is 4.81. The lowest BCUT2D eigenvalue weighted by Crippen LogP contribution is -2.23. The number of benzene rings is 2. The van der Waals surface area contributed by atoms with Gasteiger partial charge in [-0.3, -0.25) is 0 Å². The van der Waals surface area contributed by atoms with Crippen LogP contribution in [0.2, 0.25) is 0 Å². The minimum Gasteiger partial charge on any atom is -0.491 e. The maximum absolute atomic E-state index is 10.4. The smallest absolute Gasteiger partial charge is 0.119 e. The zero-order chi connectivity index (χ0) is 18.9. The summed E-state index contributed by atoms with van der Waals surface area (Å²) < 4.78 is 7.74. The second kappa shape index (κ2) is 7.12. The Bertz CT molecular complexity index is 889. The van der Waals surface area contributed by atoms with E-state index in [1.54, 1.807) is 6.33 Å². The van der Waals surface area contributed by atoms with E-state index < -0.39 is 6.10 Å². The van der Waals surface area contributed by atoms with Gasteiger partial charge in [0.15, 0.2) is 0 Å². The monoisotopic (exact) mass is 352 g/mol. The van der Waals surface area contributed by atoms with E-state index in [0.717, 1.165) is 16.8 Å². The largest absolute Gasteiger partial charge is 0.491 e. The minimum absolute atomic E-state index is 0.122. The zero-order valence-electron chi connectivity index (χ0n) is 16.3. The Balaban J connectivity index is 1.63. The molecule has 0 bridgehead atoms. The van der Waals surface area contributed by atoms with Crippen molar-refractivity contribution in [2.45, 2.75) is 52.7 Å². The summed E-state index contributed by atoms with van der Waals surface area (Å²) in [5.41, 5.74) is 5.84. The maximum atomic E-state index is 10.4. The Hall–Kier alpha value is -2.33. The highest BCUT2D eigenvalue weighted by atomic mass is 16.5. The normalized spacial score (nSPS) is 13.2. The van der Waals surface area contributed by atoms with E-state index in [0.29, 0.717) is 6.54 Å². The van der Waals surface area contributed by atoms with Crippen LogP contribution in [0.15, 0.2) is 42.7 Å². The van der Waals surface area contributed by atoms with E-state index in [9.17, 15) is 5.11 Å². The molecule has 3 rings (SSSR count). The van der Waals surface area contributed by atoms with Crippen LogP contribution < -0.4 is 4.74 Å². The predicted molar refractivity (Wildman–Crippen MR) is 106 cm³/mol. The summed E-state index contributed by atoms with van der Waals surface area (Å²) in [6.45, 7) is 11.4. The SMILES string of the molecule is Cc1cc2ncn(CC(O)COc3ccc(C(C)(C)C)cc3)c2cc1C. The van der Waals surface area contributed by atoms with Crippen molar-refractivity contribution in [2.75, 3.05) is 6.61 Å². The van der Waals surface area contributed by atoms with Crippen LogP contribution in [-0.2, 0) is 12.0 Å². The molecule has 3 aromatic rings. The lowest BCUT2D eigenvalue weighted by molar-refractivity contribution is 0.0934. The molecule has 4 nitrogen and oxygen atoms in total. The highest BCUT2D eigenvalue weighted by molar-refractivity contribution is 5.77. The zero-order valence-corrected chi connectivity index (χ0v) is 16.3. The molecule has 0 aliphatic heterocycles. The van der Waals surface area contributed by atoms with Gasteiger partial charge in [-0.25, -0.2) is 4.98 Å². The summed E-state index contributed by atoms with van der Waals surface area (Å²) in [5.74, 6) is 0.777. The van der Waals surface area contributed by atoms with E-state index in [1.807, 2.05) is 16.7 Å². The maximum Gasteiger partial charge on any atom is 0.119 e. The molecule has 1 aromatic heterocycles. The van der Waals surface area contributed by atoms with Gasteiger partial charge in [0.1, 0.15) is 18.5 Å². The van der Waals surface area contributed by atoms with Crippen LogP contribution >= 0.6 is 0 Å². The second-order valence-electron chi connectivity index (χ2n) is 8.06. The van der Waals surface area contributed by atoms with E-state index in [1.165, 1.54) is 16.7 Å². The number of aryl methyl sites for hydroxylation is 2. The van der Waals surface area contributed by atoms with Gasteiger partial charge in [0.25, 0.3) is 0 Å². The molecule has 4 heteroatoms. The second-order valence-corrected chi connectivity index (χ2v) is 8.06. The number of hydrogen-bond acceptors (Lipinski definition) is 3. The van der Waals surface area contributed by atoms with Gasteiger partial charge in [0.2, 0.25) is 0 Å². The molecule has 1 heterocycles. The average molecular weight is 352 g/mol.